The molecule has 0 amide bonds. The van der Waals surface area contributed by atoms with Gasteiger partial charge < -0.3 is 15.4 Å². The lowest BCUT2D eigenvalue weighted by Gasteiger charge is -2.21. The van der Waals surface area contributed by atoms with Gasteiger partial charge in [0.2, 0.25) is 0 Å². The Morgan fingerprint density at radius 2 is 2.08 bits per heavy atom. The van der Waals surface area contributed by atoms with Gasteiger partial charge in [-0.15, -0.1) is 24.0 Å². The van der Waals surface area contributed by atoms with Gasteiger partial charge in [-0.2, -0.15) is 5.26 Å². The van der Waals surface area contributed by atoms with Gasteiger partial charge in [-0.1, -0.05) is 0 Å². The Kier molecular flexibility index (Phi) is 8.41. The minimum atomic E-state index is -2.88. The molecule has 4 unspecified atom stereocenters. The van der Waals surface area contributed by atoms with Crippen LogP contribution in [0.5, 0.6) is 0 Å². The van der Waals surface area contributed by atoms with Crippen LogP contribution in [0.1, 0.15) is 38.5 Å². The van der Waals surface area contributed by atoms with Crippen LogP contribution in [0.3, 0.4) is 0 Å². The largest absolute Gasteiger partial charge is 0.376 e. The first-order chi connectivity index (χ1) is 12.1. The zero-order valence-corrected chi connectivity index (χ0v) is 18.2. The van der Waals surface area contributed by atoms with Crippen molar-refractivity contribution in [2.24, 2.45) is 16.8 Å². The van der Waals surface area contributed by atoms with Crippen LogP contribution in [-0.4, -0.2) is 57.7 Å². The Balaban J connectivity index is 0.00000243. The summed E-state index contributed by atoms with van der Waals surface area (Å²) in [5, 5.41) is 16.0. The van der Waals surface area contributed by atoms with E-state index in [1.54, 1.807) is 0 Å². The van der Waals surface area contributed by atoms with Gasteiger partial charge in [-0.05, 0) is 44.4 Å². The van der Waals surface area contributed by atoms with E-state index in [0.29, 0.717) is 25.5 Å². The molecule has 3 aliphatic rings. The highest BCUT2D eigenvalue weighted by Crippen LogP contribution is 2.25. The third kappa shape index (κ3) is 6.23. The quantitative estimate of drug-likeness (QED) is 0.339. The van der Waals surface area contributed by atoms with Gasteiger partial charge in [0.05, 0.1) is 29.6 Å². The van der Waals surface area contributed by atoms with Crippen molar-refractivity contribution in [3.05, 3.63) is 0 Å². The minimum Gasteiger partial charge on any atom is -0.376 e. The molecule has 148 valence electrons. The number of nitriles is 1. The summed E-state index contributed by atoms with van der Waals surface area (Å²) in [6.45, 7) is 2.01. The topological polar surface area (TPSA) is 104 Å². The maximum atomic E-state index is 11.6. The first-order valence-corrected chi connectivity index (χ1v) is 11.1. The maximum Gasteiger partial charge on any atom is 0.191 e. The van der Waals surface area contributed by atoms with Crippen LogP contribution in [0.4, 0.5) is 0 Å². The van der Waals surface area contributed by atoms with Gasteiger partial charge in [0.1, 0.15) is 0 Å². The lowest BCUT2D eigenvalue weighted by atomic mass is 10.1. The van der Waals surface area contributed by atoms with Crippen LogP contribution in [0, 0.1) is 23.2 Å². The predicted octanol–water partition coefficient (Wildman–Crippen LogP) is 1.45. The van der Waals surface area contributed by atoms with Crippen molar-refractivity contribution in [3.8, 4) is 6.07 Å². The number of nitrogens with zero attached hydrogens (tertiary/aromatic N) is 2. The summed E-state index contributed by atoms with van der Waals surface area (Å²) in [5.41, 5.74) is 0. The number of hydrogen-bond acceptors (Lipinski definition) is 5. The van der Waals surface area contributed by atoms with E-state index in [4.69, 9.17) is 4.74 Å². The molecule has 0 aromatic rings. The van der Waals surface area contributed by atoms with Gasteiger partial charge >= 0.3 is 0 Å². The first-order valence-electron chi connectivity index (χ1n) is 9.32. The molecule has 1 aliphatic carbocycles. The molecular formula is C17H29IN4O3S. The summed E-state index contributed by atoms with van der Waals surface area (Å²) in [7, 11) is -2.88. The van der Waals surface area contributed by atoms with Crippen molar-refractivity contribution in [3.63, 3.8) is 0 Å². The first kappa shape index (κ1) is 21.7. The van der Waals surface area contributed by atoms with Crippen LogP contribution in [-0.2, 0) is 14.6 Å². The Bertz CT molecular complexity index is 628. The maximum absolute atomic E-state index is 11.6. The van der Waals surface area contributed by atoms with E-state index >= 15 is 0 Å². The number of aliphatic imine (C=N–C) groups is 1. The molecule has 1 saturated carbocycles. The molecule has 26 heavy (non-hydrogen) atoms. The normalized spacial score (nSPS) is 33.4. The van der Waals surface area contributed by atoms with Crippen molar-refractivity contribution < 1.29 is 13.2 Å². The number of nitrogens with one attached hydrogen (secondary N) is 2. The molecule has 3 fully saturated rings. The highest BCUT2D eigenvalue weighted by atomic mass is 127. The lowest BCUT2D eigenvalue weighted by Crippen LogP contribution is -2.47. The SMILES string of the molecule is I.N#CC1CCCC1NC(=NCC1CCS(=O)(=O)C1)NCC1CCCO1. The van der Waals surface area contributed by atoms with Gasteiger partial charge in [-0.25, -0.2) is 8.42 Å². The lowest BCUT2D eigenvalue weighted by molar-refractivity contribution is 0.113. The molecule has 0 radical (unpaired) electrons. The summed E-state index contributed by atoms with van der Waals surface area (Å²) < 4.78 is 28.9. The summed E-state index contributed by atoms with van der Waals surface area (Å²) >= 11 is 0. The molecule has 3 rings (SSSR count). The Hall–Kier alpha value is -0.600. The van der Waals surface area contributed by atoms with Crippen LogP contribution in [0.2, 0.25) is 0 Å². The second-order valence-corrected chi connectivity index (χ2v) is 9.62. The monoisotopic (exact) mass is 496 g/mol. The third-order valence-corrected chi connectivity index (χ3v) is 7.20. The van der Waals surface area contributed by atoms with Crippen molar-refractivity contribution in [2.45, 2.75) is 50.7 Å². The highest BCUT2D eigenvalue weighted by Gasteiger charge is 2.30. The number of halogens is 1. The van der Waals surface area contributed by atoms with E-state index in [0.717, 1.165) is 38.7 Å². The molecule has 0 aromatic carbocycles. The van der Waals surface area contributed by atoms with E-state index in [9.17, 15) is 13.7 Å². The molecule has 9 heteroatoms. The number of hydrogen-bond donors (Lipinski definition) is 2. The van der Waals surface area contributed by atoms with Crippen molar-refractivity contribution in [1.82, 2.24) is 10.6 Å². The number of rotatable bonds is 5. The number of ether oxygens (including phenoxy) is 1. The van der Waals surface area contributed by atoms with E-state index in [-0.39, 0.29) is 59.5 Å². The predicted molar refractivity (Wildman–Crippen MR) is 111 cm³/mol. The van der Waals surface area contributed by atoms with E-state index in [1.165, 1.54) is 0 Å². The summed E-state index contributed by atoms with van der Waals surface area (Å²) in [4.78, 5) is 4.63. The summed E-state index contributed by atoms with van der Waals surface area (Å²) in [5.74, 6) is 1.31. The Labute approximate surface area is 173 Å². The molecule has 0 aromatic heterocycles. The van der Waals surface area contributed by atoms with Crippen LogP contribution < -0.4 is 10.6 Å². The zero-order chi connectivity index (χ0) is 17.7. The van der Waals surface area contributed by atoms with E-state index in [2.05, 4.69) is 21.7 Å². The molecular weight excluding hydrogens is 467 g/mol. The minimum absolute atomic E-state index is 0. The molecule has 2 N–H and O–H groups in total. The van der Waals surface area contributed by atoms with Gasteiger partial charge in [0.15, 0.2) is 15.8 Å². The second kappa shape index (κ2) is 10.1. The summed E-state index contributed by atoms with van der Waals surface area (Å²) in [6, 6.07) is 2.49. The van der Waals surface area contributed by atoms with Crippen molar-refractivity contribution in [1.29, 1.82) is 5.26 Å². The smallest absolute Gasteiger partial charge is 0.191 e. The second-order valence-electron chi connectivity index (χ2n) is 7.39. The fraction of sp³-hybridized carbons (Fsp3) is 0.882. The standard InChI is InChI=1S/C17H28N4O3S.HI/c18-9-14-3-1-5-16(14)21-17(20-11-15-4-2-7-24-15)19-10-13-6-8-25(22,23)12-13;/h13-16H,1-8,10-12H2,(H2,19,20,21);1H. The Morgan fingerprint density at radius 1 is 1.23 bits per heavy atom. The fourth-order valence-corrected chi connectivity index (χ4v) is 5.72. The van der Waals surface area contributed by atoms with E-state index in [1.807, 2.05) is 0 Å². The van der Waals surface area contributed by atoms with Crippen LogP contribution in [0.25, 0.3) is 0 Å². The van der Waals surface area contributed by atoms with Gasteiger partial charge in [0.25, 0.3) is 0 Å². The Morgan fingerprint density at radius 3 is 2.73 bits per heavy atom. The van der Waals surface area contributed by atoms with Gasteiger partial charge in [0, 0.05) is 25.7 Å². The molecule has 0 bridgehead atoms. The number of sulfone groups is 1. The van der Waals surface area contributed by atoms with Gasteiger partial charge in [-0.3, -0.25) is 4.99 Å². The van der Waals surface area contributed by atoms with Crippen molar-refractivity contribution in [2.75, 3.05) is 31.2 Å². The fourth-order valence-electron chi connectivity index (χ4n) is 3.87. The number of guanidine groups is 1. The summed E-state index contributed by atoms with van der Waals surface area (Å²) in [6.07, 6.45) is 5.97. The van der Waals surface area contributed by atoms with Crippen LogP contribution >= 0.6 is 24.0 Å². The molecule has 7 nitrogen and oxygen atoms in total. The van der Waals surface area contributed by atoms with Crippen molar-refractivity contribution >= 4 is 39.8 Å². The molecule has 2 aliphatic heterocycles. The molecule has 2 heterocycles. The molecule has 4 atom stereocenters. The average molecular weight is 496 g/mol. The van der Waals surface area contributed by atoms with Crippen LogP contribution in [0.15, 0.2) is 4.99 Å². The average Bonchev–Trinajstić information content (AvgIpc) is 3.31. The highest BCUT2D eigenvalue weighted by molar-refractivity contribution is 14.0. The molecule has 0 spiro atoms. The molecule has 2 saturated heterocycles. The third-order valence-electron chi connectivity index (χ3n) is 5.36. The zero-order valence-electron chi connectivity index (χ0n) is 15.0. The van der Waals surface area contributed by atoms with E-state index < -0.39 is 9.84 Å².